The normalized spacial score (nSPS) is 19.8. The van der Waals surface area contributed by atoms with Crippen LogP contribution >= 0.6 is 0 Å². The Bertz CT molecular complexity index is 392. The zero-order valence-corrected chi connectivity index (χ0v) is 11.8. The molecule has 1 aromatic rings. The van der Waals surface area contributed by atoms with Gasteiger partial charge in [-0.05, 0) is 18.4 Å². The van der Waals surface area contributed by atoms with Gasteiger partial charge in [0.25, 0.3) is 0 Å². The molecule has 2 rings (SSSR count). The Morgan fingerprint density at radius 1 is 1.16 bits per heavy atom. The molecule has 0 aliphatic heterocycles. The van der Waals surface area contributed by atoms with E-state index in [1.165, 1.54) is 44.1 Å². The molecule has 1 atom stereocenters. The van der Waals surface area contributed by atoms with Crippen molar-refractivity contribution in [2.24, 2.45) is 10.8 Å². The second kappa shape index (κ2) is 7.29. The fourth-order valence-corrected chi connectivity index (χ4v) is 2.76. The summed E-state index contributed by atoms with van der Waals surface area (Å²) in [5.41, 5.74) is 4.08. The minimum absolute atomic E-state index is 0.231. The van der Waals surface area contributed by atoms with Gasteiger partial charge in [-0.1, -0.05) is 62.9 Å². The molecule has 1 unspecified atom stereocenters. The van der Waals surface area contributed by atoms with Crippen molar-refractivity contribution in [3.05, 3.63) is 35.9 Å². The first-order chi connectivity index (χ1) is 9.31. The number of rotatable bonds is 3. The highest BCUT2D eigenvalue weighted by atomic mass is 15.3. The van der Waals surface area contributed by atoms with E-state index >= 15 is 0 Å². The summed E-state index contributed by atoms with van der Waals surface area (Å²) in [6, 6.07) is 10.9. The SMILES string of the molecule is CC(C(=NC1CCCCCC1)NN)c1ccccc1. The number of nitrogens with zero attached hydrogens (tertiary/aromatic N) is 1. The third kappa shape index (κ3) is 4.06. The van der Waals surface area contributed by atoms with Crippen LogP contribution in [0.2, 0.25) is 0 Å². The van der Waals surface area contributed by atoms with Crippen molar-refractivity contribution in [2.45, 2.75) is 57.4 Å². The molecule has 0 radical (unpaired) electrons. The summed E-state index contributed by atoms with van der Waals surface area (Å²) >= 11 is 0. The maximum Gasteiger partial charge on any atom is 0.118 e. The van der Waals surface area contributed by atoms with E-state index in [9.17, 15) is 0 Å². The number of hydrazine groups is 1. The van der Waals surface area contributed by atoms with E-state index in [1.54, 1.807) is 0 Å². The molecule has 0 heterocycles. The summed E-state index contributed by atoms with van der Waals surface area (Å²) in [4.78, 5) is 4.87. The largest absolute Gasteiger partial charge is 0.312 e. The first kappa shape index (κ1) is 14.1. The number of hydrogen-bond donors (Lipinski definition) is 2. The van der Waals surface area contributed by atoms with Crippen LogP contribution in [0.25, 0.3) is 0 Å². The average molecular weight is 259 g/mol. The highest BCUT2D eigenvalue weighted by Crippen LogP contribution is 2.22. The molecule has 3 nitrogen and oxygen atoms in total. The second-order valence-electron chi connectivity index (χ2n) is 5.44. The van der Waals surface area contributed by atoms with E-state index in [1.807, 2.05) is 6.07 Å². The van der Waals surface area contributed by atoms with Crippen molar-refractivity contribution >= 4 is 5.84 Å². The van der Waals surface area contributed by atoms with Gasteiger partial charge in [0.1, 0.15) is 5.84 Å². The predicted molar refractivity (Wildman–Crippen MR) is 81.1 cm³/mol. The standard InChI is InChI=1S/C16H25N3/c1-13(14-9-5-4-6-10-14)16(19-17)18-15-11-7-2-3-8-12-15/h4-6,9-10,13,15H,2-3,7-8,11-12,17H2,1H3,(H,18,19). The molecule has 1 aliphatic carbocycles. The average Bonchev–Trinajstić information content (AvgIpc) is 2.73. The van der Waals surface area contributed by atoms with Crippen LogP contribution in [0.15, 0.2) is 35.3 Å². The molecular formula is C16H25N3. The maximum atomic E-state index is 5.69. The lowest BCUT2D eigenvalue weighted by Crippen LogP contribution is -2.35. The zero-order valence-electron chi connectivity index (χ0n) is 11.8. The van der Waals surface area contributed by atoms with Crippen LogP contribution in [-0.4, -0.2) is 11.9 Å². The Labute approximate surface area is 116 Å². The van der Waals surface area contributed by atoms with Gasteiger partial charge >= 0.3 is 0 Å². The number of hydrogen-bond acceptors (Lipinski definition) is 2. The van der Waals surface area contributed by atoms with Crippen molar-refractivity contribution in [3.8, 4) is 0 Å². The molecule has 0 spiro atoms. The smallest absolute Gasteiger partial charge is 0.118 e. The molecule has 1 aliphatic rings. The summed E-state index contributed by atoms with van der Waals surface area (Å²) in [7, 11) is 0. The lowest BCUT2D eigenvalue weighted by molar-refractivity contribution is 0.579. The van der Waals surface area contributed by atoms with Crippen LogP contribution in [0.5, 0.6) is 0 Å². The molecule has 0 amide bonds. The first-order valence-corrected chi connectivity index (χ1v) is 7.40. The summed E-state index contributed by atoms with van der Waals surface area (Å²) in [6.45, 7) is 2.16. The van der Waals surface area contributed by atoms with Crippen LogP contribution in [0, 0.1) is 0 Å². The van der Waals surface area contributed by atoms with E-state index in [0.29, 0.717) is 6.04 Å². The molecule has 104 valence electrons. The van der Waals surface area contributed by atoms with Gasteiger partial charge in [0, 0.05) is 5.92 Å². The second-order valence-corrected chi connectivity index (χ2v) is 5.44. The van der Waals surface area contributed by atoms with Crippen LogP contribution in [0.1, 0.15) is 56.9 Å². The molecule has 0 bridgehead atoms. The van der Waals surface area contributed by atoms with Crippen LogP contribution < -0.4 is 11.3 Å². The quantitative estimate of drug-likeness (QED) is 0.287. The Hall–Kier alpha value is -1.35. The lowest BCUT2D eigenvalue weighted by atomic mass is 9.99. The third-order valence-electron chi connectivity index (χ3n) is 4.00. The van der Waals surface area contributed by atoms with Crippen molar-refractivity contribution in [1.29, 1.82) is 0 Å². The third-order valence-corrected chi connectivity index (χ3v) is 4.00. The van der Waals surface area contributed by atoms with Gasteiger partial charge in [0.15, 0.2) is 0 Å². The Balaban J connectivity index is 2.09. The summed E-state index contributed by atoms with van der Waals surface area (Å²) in [5, 5.41) is 0. The molecule has 3 N–H and O–H groups in total. The van der Waals surface area contributed by atoms with Gasteiger partial charge in [-0.15, -0.1) is 0 Å². The minimum atomic E-state index is 0.231. The predicted octanol–water partition coefficient (Wildman–Crippen LogP) is 3.37. The van der Waals surface area contributed by atoms with E-state index in [4.69, 9.17) is 10.8 Å². The number of amidine groups is 1. The van der Waals surface area contributed by atoms with Gasteiger partial charge in [-0.25, -0.2) is 5.84 Å². The van der Waals surface area contributed by atoms with Crippen LogP contribution in [-0.2, 0) is 0 Å². The maximum absolute atomic E-state index is 5.69. The van der Waals surface area contributed by atoms with Gasteiger partial charge in [-0.3, -0.25) is 4.99 Å². The molecular weight excluding hydrogens is 234 g/mol. The highest BCUT2D eigenvalue weighted by Gasteiger charge is 2.16. The van der Waals surface area contributed by atoms with Crippen LogP contribution in [0.3, 0.4) is 0 Å². The van der Waals surface area contributed by atoms with Gasteiger partial charge in [0.05, 0.1) is 6.04 Å². The summed E-state index contributed by atoms with van der Waals surface area (Å²) < 4.78 is 0. The number of aliphatic imine (C=N–C) groups is 1. The fraction of sp³-hybridized carbons (Fsp3) is 0.562. The van der Waals surface area contributed by atoms with Crippen LogP contribution in [0.4, 0.5) is 0 Å². The van der Waals surface area contributed by atoms with E-state index in [0.717, 1.165) is 5.84 Å². The summed E-state index contributed by atoms with van der Waals surface area (Å²) in [5.74, 6) is 6.83. The molecule has 19 heavy (non-hydrogen) atoms. The number of nitrogens with one attached hydrogen (secondary N) is 1. The Kier molecular flexibility index (Phi) is 5.40. The lowest BCUT2D eigenvalue weighted by Gasteiger charge is -2.18. The van der Waals surface area contributed by atoms with E-state index < -0.39 is 0 Å². The molecule has 0 aromatic heterocycles. The van der Waals surface area contributed by atoms with Gasteiger partial charge in [-0.2, -0.15) is 0 Å². The van der Waals surface area contributed by atoms with Gasteiger partial charge < -0.3 is 5.43 Å². The van der Waals surface area contributed by atoms with Crippen molar-refractivity contribution < 1.29 is 0 Å². The van der Waals surface area contributed by atoms with Crippen molar-refractivity contribution in [3.63, 3.8) is 0 Å². The fourth-order valence-electron chi connectivity index (χ4n) is 2.76. The number of benzene rings is 1. The Morgan fingerprint density at radius 2 is 1.79 bits per heavy atom. The monoisotopic (exact) mass is 259 g/mol. The molecule has 1 saturated carbocycles. The first-order valence-electron chi connectivity index (χ1n) is 7.40. The highest BCUT2D eigenvalue weighted by molar-refractivity contribution is 5.88. The summed E-state index contributed by atoms with van der Waals surface area (Å²) in [6.07, 6.45) is 7.70. The zero-order chi connectivity index (χ0) is 13.5. The Morgan fingerprint density at radius 3 is 2.37 bits per heavy atom. The molecule has 3 heteroatoms. The van der Waals surface area contributed by atoms with Crippen molar-refractivity contribution in [2.75, 3.05) is 0 Å². The molecule has 1 aromatic carbocycles. The van der Waals surface area contributed by atoms with Gasteiger partial charge in [0.2, 0.25) is 0 Å². The van der Waals surface area contributed by atoms with Crippen molar-refractivity contribution in [1.82, 2.24) is 5.43 Å². The van der Waals surface area contributed by atoms with E-state index in [2.05, 4.69) is 36.6 Å². The number of nitrogens with two attached hydrogens (primary N) is 1. The molecule has 0 saturated heterocycles. The topological polar surface area (TPSA) is 50.4 Å². The van der Waals surface area contributed by atoms with E-state index in [-0.39, 0.29) is 5.92 Å². The molecule has 1 fully saturated rings. The minimum Gasteiger partial charge on any atom is -0.312 e.